The molecule has 2 atom stereocenters. The highest BCUT2D eigenvalue weighted by atomic mass is 16.2. The third kappa shape index (κ3) is 2.71. The third-order valence-corrected chi connectivity index (χ3v) is 3.57. The fraction of sp³-hybridized carbons (Fsp3) is 0.500. The Hall–Kier alpha value is -1.39. The summed E-state index contributed by atoms with van der Waals surface area (Å²) in [4.78, 5) is 14.5. The molecule has 3 N–H and O–H groups in total. The number of nitrogens with one attached hydrogen (secondary N) is 1. The van der Waals surface area contributed by atoms with Gasteiger partial charge in [0.15, 0.2) is 0 Å². The Morgan fingerprint density at radius 2 is 2.11 bits per heavy atom. The number of nitrogens with zero attached hydrogens (tertiary/aromatic N) is 1. The first kappa shape index (κ1) is 13.1. The average Bonchev–Trinajstić information content (AvgIpc) is 2.76. The Labute approximate surface area is 108 Å². The van der Waals surface area contributed by atoms with Gasteiger partial charge in [-0.05, 0) is 32.5 Å². The quantitative estimate of drug-likeness (QED) is 0.826. The van der Waals surface area contributed by atoms with E-state index in [1.807, 2.05) is 30.3 Å². The standard InChI is InChI=1S/C14H21N3O/c1-14(15,11-6-4-3-5-7-11)13(18)16-12-8-9-17(2)10-12/h3-7,12H,8-10,15H2,1-2H3,(H,16,18). The van der Waals surface area contributed by atoms with Crippen molar-refractivity contribution in [1.29, 1.82) is 0 Å². The van der Waals surface area contributed by atoms with E-state index >= 15 is 0 Å². The van der Waals surface area contributed by atoms with Crippen LogP contribution in [0, 0.1) is 0 Å². The first-order valence-electron chi connectivity index (χ1n) is 6.34. The van der Waals surface area contributed by atoms with Crippen LogP contribution in [0.1, 0.15) is 18.9 Å². The van der Waals surface area contributed by atoms with Gasteiger partial charge in [0.25, 0.3) is 0 Å². The Balaban J connectivity index is 2.04. The van der Waals surface area contributed by atoms with Crippen molar-refractivity contribution in [2.45, 2.75) is 24.9 Å². The maximum Gasteiger partial charge on any atom is 0.244 e. The smallest absolute Gasteiger partial charge is 0.244 e. The number of hydrogen-bond acceptors (Lipinski definition) is 3. The van der Waals surface area contributed by atoms with E-state index in [-0.39, 0.29) is 11.9 Å². The Kier molecular flexibility index (Phi) is 3.68. The number of carbonyl (C=O) groups excluding carboxylic acids is 1. The van der Waals surface area contributed by atoms with Crippen LogP contribution in [-0.4, -0.2) is 37.0 Å². The molecule has 1 amide bonds. The van der Waals surface area contributed by atoms with Gasteiger partial charge in [-0.15, -0.1) is 0 Å². The summed E-state index contributed by atoms with van der Waals surface area (Å²) in [7, 11) is 2.06. The minimum absolute atomic E-state index is 0.103. The van der Waals surface area contributed by atoms with Crippen LogP contribution in [0.25, 0.3) is 0 Å². The van der Waals surface area contributed by atoms with E-state index in [1.165, 1.54) is 0 Å². The van der Waals surface area contributed by atoms with Crippen LogP contribution in [0.15, 0.2) is 30.3 Å². The van der Waals surface area contributed by atoms with E-state index in [0.717, 1.165) is 25.1 Å². The number of likely N-dealkylation sites (tertiary alicyclic amines) is 1. The summed E-state index contributed by atoms with van der Waals surface area (Å²) in [5.41, 5.74) is 6.04. The summed E-state index contributed by atoms with van der Waals surface area (Å²) in [6.45, 7) is 3.69. The molecule has 4 nitrogen and oxygen atoms in total. The number of amides is 1. The molecule has 1 fully saturated rings. The zero-order valence-corrected chi connectivity index (χ0v) is 11.0. The molecule has 1 saturated heterocycles. The van der Waals surface area contributed by atoms with Crippen molar-refractivity contribution >= 4 is 5.91 Å². The summed E-state index contributed by atoms with van der Waals surface area (Å²) < 4.78 is 0. The Morgan fingerprint density at radius 1 is 1.44 bits per heavy atom. The summed E-state index contributed by atoms with van der Waals surface area (Å²) in [5, 5.41) is 3.04. The van der Waals surface area contributed by atoms with Gasteiger partial charge in [-0.1, -0.05) is 30.3 Å². The minimum atomic E-state index is -0.970. The van der Waals surface area contributed by atoms with E-state index in [9.17, 15) is 4.79 Å². The molecule has 2 unspecified atom stereocenters. The minimum Gasteiger partial charge on any atom is -0.350 e. The van der Waals surface area contributed by atoms with Crippen LogP contribution in [0.3, 0.4) is 0 Å². The lowest BCUT2D eigenvalue weighted by molar-refractivity contribution is -0.126. The third-order valence-electron chi connectivity index (χ3n) is 3.57. The summed E-state index contributed by atoms with van der Waals surface area (Å²) in [5.74, 6) is -0.103. The highest BCUT2D eigenvalue weighted by Crippen LogP contribution is 2.18. The number of carbonyl (C=O) groups is 1. The zero-order valence-electron chi connectivity index (χ0n) is 11.0. The van der Waals surface area contributed by atoms with E-state index in [1.54, 1.807) is 6.92 Å². The highest BCUT2D eigenvalue weighted by molar-refractivity contribution is 5.87. The van der Waals surface area contributed by atoms with Gasteiger partial charge in [0.05, 0.1) is 0 Å². The van der Waals surface area contributed by atoms with Gasteiger partial charge in [0.2, 0.25) is 5.91 Å². The molecule has 0 aromatic heterocycles. The number of rotatable bonds is 3. The van der Waals surface area contributed by atoms with Gasteiger partial charge < -0.3 is 16.0 Å². The van der Waals surface area contributed by atoms with Crippen LogP contribution >= 0.6 is 0 Å². The lowest BCUT2D eigenvalue weighted by Crippen LogP contribution is -2.52. The molecule has 0 saturated carbocycles. The van der Waals surface area contributed by atoms with Crippen molar-refractivity contribution in [1.82, 2.24) is 10.2 Å². The molecule has 18 heavy (non-hydrogen) atoms. The van der Waals surface area contributed by atoms with Gasteiger partial charge in [-0.25, -0.2) is 0 Å². The molecule has 1 aromatic rings. The Morgan fingerprint density at radius 3 is 2.67 bits per heavy atom. The molecular formula is C14H21N3O. The molecule has 0 aliphatic carbocycles. The van der Waals surface area contributed by atoms with Crippen LogP contribution in [-0.2, 0) is 10.3 Å². The van der Waals surface area contributed by atoms with Crippen molar-refractivity contribution in [3.8, 4) is 0 Å². The summed E-state index contributed by atoms with van der Waals surface area (Å²) >= 11 is 0. The molecule has 0 radical (unpaired) electrons. The molecule has 1 heterocycles. The summed E-state index contributed by atoms with van der Waals surface area (Å²) in [6.07, 6.45) is 0.993. The first-order valence-corrected chi connectivity index (χ1v) is 6.34. The maximum atomic E-state index is 12.3. The second-order valence-corrected chi connectivity index (χ2v) is 5.29. The predicted molar refractivity (Wildman–Crippen MR) is 72.0 cm³/mol. The predicted octanol–water partition coefficient (Wildman–Crippen LogP) is 0.681. The SMILES string of the molecule is CN1CCC(NC(=O)C(C)(N)c2ccccc2)C1. The number of hydrogen-bond donors (Lipinski definition) is 2. The van der Waals surface area contributed by atoms with Crippen molar-refractivity contribution in [2.24, 2.45) is 5.73 Å². The van der Waals surface area contributed by atoms with Gasteiger partial charge in [0, 0.05) is 12.6 Å². The molecule has 1 aliphatic heterocycles. The molecule has 1 aromatic carbocycles. The fourth-order valence-corrected chi connectivity index (χ4v) is 2.30. The van der Waals surface area contributed by atoms with Crippen molar-refractivity contribution in [3.05, 3.63) is 35.9 Å². The molecule has 4 heteroatoms. The van der Waals surface area contributed by atoms with Crippen molar-refractivity contribution < 1.29 is 4.79 Å². The van der Waals surface area contributed by atoms with E-state index < -0.39 is 5.54 Å². The molecule has 1 aliphatic rings. The number of nitrogens with two attached hydrogens (primary N) is 1. The van der Waals surface area contributed by atoms with Gasteiger partial charge in [-0.3, -0.25) is 4.79 Å². The number of likely N-dealkylation sites (N-methyl/N-ethyl adjacent to an activating group) is 1. The van der Waals surface area contributed by atoms with Crippen LogP contribution < -0.4 is 11.1 Å². The van der Waals surface area contributed by atoms with E-state index in [2.05, 4.69) is 17.3 Å². The molecule has 98 valence electrons. The lowest BCUT2D eigenvalue weighted by Gasteiger charge is -2.26. The average molecular weight is 247 g/mol. The largest absolute Gasteiger partial charge is 0.350 e. The number of benzene rings is 1. The van der Waals surface area contributed by atoms with E-state index in [4.69, 9.17) is 5.73 Å². The van der Waals surface area contributed by atoms with Crippen molar-refractivity contribution in [3.63, 3.8) is 0 Å². The zero-order chi connectivity index (χ0) is 13.2. The molecular weight excluding hydrogens is 226 g/mol. The molecule has 0 bridgehead atoms. The molecule has 2 rings (SSSR count). The van der Waals surface area contributed by atoms with E-state index in [0.29, 0.717) is 0 Å². The topological polar surface area (TPSA) is 58.4 Å². The maximum absolute atomic E-state index is 12.3. The fourth-order valence-electron chi connectivity index (χ4n) is 2.30. The lowest BCUT2D eigenvalue weighted by atomic mass is 9.92. The van der Waals surface area contributed by atoms with Crippen LogP contribution in [0.5, 0.6) is 0 Å². The summed E-state index contributed by atoms with van der Waals surface area (Å²) in [6, 6.07) is 9.72. The van der Waals surface area contributed by atoms with Crippen molar-refractivity contribution in [2.75, 3.05) is 20.1 Å². The van der Waals surface area contributed by atoms with Crippen LogP contribution in [0.2, 0.25) is 0 Å². The highest BCUT2D eigenvalue weighted by Gasteiger charge is 2.33. The molecule has 0 spiro atoms. The monoisotopic (exact) mass is 247 g/mol. The van der Waals surface area contributed by atoms with Gasteiger partial charge in [0.1, 0.15) is 5.54 Å². The second kappa shape index (κ2) is 5.08. The van der Waals surface area contributed by atoms with Crippen LogP contribution in [0.4, 0.5) is 0 Å². The first-order chi connectivity index (χ1) is 8.50. The normalized spacial score (nSPS) is 23.6. The van der Waals surface area contributed by atoms with Gasteiger partial charge >= 0.3 is 0 Å². The van der Waals surface area contributed by atoms with Gasteiger partial charge in [-0.2, -0.15) is 0 Å². The second-order valence-electron chi connectivity index (χ2n) is 5.29. The Bertz CT molecular complexity index is 416.